The fraction of sp³-hybridized carbons (Fsp3) is 0.333. The van der Waals surface area contributed by atoms with Gasteiger partial charge in [0.2, 0.25) is 0 Å². The maximum atomic E-state index is 11.7. The molecule has 1 aliphatic heterocycles. The van der Waals surface area contributed by atoms with Crippen molar-refractivity contribution in [1.82, 2.24) is 5.32 Å². The lowest BCUT2D eigenvalue weighted by Crippen LogP contribution is -2.39. The quantitative estimate of drug-likeness (QED) is 0.800. The third-order valence-corrected chi connectivity index (χ3v) is 2.51. The molecule has 1 aliphatic rings. The number of carbonyl (C=O) groups excluding carboxylic acids is 2. The van der Waals surface area contributed by atoms with Crippen molar-refractivity contribution in [3.63, 3.8) is 0 Å². The van der Waals surface area contributed by atoms with E-state index in [1.54, 1.807) is 6.92 Å². The zero-order chi connectivity index (χ0) is 12.3. The van der Waals surface area contributed by atoms with E-state index in [0.717, 1.165) is 5.56 Å². The van der Waals surface area contributed by atoms with Gasteiger partial charge in [0, 0.05) is 0 Å². The van der Waals surface area contributed by atoms with Gasteiger partial charge in [0.15, 0.2) is 6.04 Å². The van der Waals surface area contributed by atoms with Crippen LogP contribution in [0, 0.1) is 0 Å². The third-order valence-electron chi connectivity index (χ3n) is 2.51. The molecule has 2 rings (SSSR count). The predicted molar refractivity (Wildman–Crippen MR) is 59.1 cm³/mol. The first-order valence-electron chi connectivity index (χ1n) is 5.34. The molecule has 0 radical (unpaired) electrons. The summed E-state index contributed by atoms with van der Waals surface area (Å²) in [5, 5.41) is 2.40. The van der Waals surface area contributed by atoms with Gasteiger partial charge in [-0.2, -0.15) is 0 Å². The summed E-state index contributed by atoms with van der Waals surface area (Å²) >= 11 is 0. The molecule has 1 N–H and O–H groups in total. The average molecular weight is 235 g/mol. The predicted octanol–water partition coefficient (Wildman–Crippen LogP) is 1.23. The van der Waals surface area contributed by atoms with E-state index in [2.05, 4.69) is 5.32 Å². The van der Waals surface area contributed by atoms with Gasteiger partial charge in [-0.1, -0.05) is 30.3 Å². The summed E-state index contributed by atoms with van der Waals surface area (Å²) in [6, 6.07) is 8.63. The number of carbonyl (C=O) groups is 2. The van der Waals surface area contributed by atoms with Crippen LogP contribution in [-0.2, 0) is 20.9 Å². The molecular weight excluding hydrogens is 222 g/mol. The molecule has 0 bridgehead atoms. The number of benzene rings is 1. The van der Waals surface area contributed by atoms with E-state index < -0.39 is 24.2 Å². The standard InChI is InChI=1S/C12H13NO4/c1-8-10(13-12(15)17-8)11(14)16-7-9-5-3-2-4-6-9/h2-6,8,10H,7H2,1H3,(H,13,15)/t8-,10+/m1/s1. The van der Waals surface area contributed by atoms with Crippen molar-refractivity contribution < 1.29 is 19.1 Å². The van der Waals surface area contributed by atoms with Crippen LogP contribution < -0.4 is 5.32 Å². The normalized spacial score (nSPS) is 22.8. The minimum atomic E-state index is -0.716. The molecule has 17 heavy (non-hydrogen) atoms. The molecule has 5 heteroatoms. The molecule has 0 unspecified atom stereocenters. The Balaban J connectivity index is 1.88. The van der Waals surface area contributed by atoms with E-state index in [1.165, 1.54) is 0 Å². The van der Waals surface area contributed by atoms with Crippen LogP contribution in [0.5, 0.6) is 0 Å². The zero-order valence-corrected chi connectivity index (χ0v) is 9.38. The minimum Gasteiger partial charge on any atom is -0.459 e. The summed E-state index contributed by atoms with van der Waals surface area (Å²) in [6.07, 6.45) is -1.08. The van der Waals surface area contributed by atoms with Crippen LogP contribution in [0.25, 0.3) is 0 Å². The van der Waals surface area contributed by atoms with Crippen LogP contribution in [0.15, 0.2) is 30.3 Å². The van der Waals surface area contributed by atoms with Crippen molar-refractivity contribution in [3.8, 4) is 0 Å². The molecule has 1 fully saturated rings. The number of nitrogens with one attached hydrogen (secondary N) is 1. The highest BCUT2D eigenvalue weighted by Gasteiger charge is 2.37. The van der Waals surface area contributed by atoms with Gasteiger partial charge in [-0.05, 0) is 12.5 Å². The van der Waals surface area contributed by atoms with Gasteiger partial charge in [-0.15, -0.1) is 0 Å². The summed E-state index contributed by atoms with van der Waals surface area (Å²) in [4.78, 5) is 22.6. The smallest absolute Gasteiger partial charge is 0.408 e. The molecule has 1 heterocycles. The molecule has 1 amide bonds. The Labute approximate surface area is 98.7 Å². The van der Waals surface area contributed by atoms with Gasteiger partial charge < -0.3 is 14.8 Å². The summed E-state index contributed by atoms with van der Waals surface area (Å²) in [6.45, 7) is 1.84. The highest BCUT2D eigenvalue weighted by atomic mass is 16.6. The van der Waals surface area contributed by atoms with Crippen LogP contribution in [-0.4, -0.2) is 24.2 Å². The summed E-state index contributed by atoms with van der Waals surface area (Å²) in [5.41, 5.74) is 0.902. The summed E-state index contributed by atoms with van der Waals surface area (Å²) in [7, 11) is 0. The van der Waals surface area contributed by atoms with Crippen molar-refractivity contribution in [3.05, 3.63) is 35.9 Å². The largest absolute Gasteiger partial charge is 0.459 e. The Bertz CT molecular complexity index is 418. The lowest BCUT2D eigenvalue weighted by atomic mass is 10.2. The van der Waals surface area contributed by atoms with Crippen molar-refractivity contribution in [2.24, 2.45) is 0 Å². The first kappa shape index (κ1) is 11.4. The monoisotopic (exact) mass is 235 g/mol. The molecule has 1 saturated heterocycles. The lowest BCUT2D eigenvalue weighted by molar-refractivity contribution is -0.148. The van der Waals surface area contributed by atoms with E-state index in [4.69, 9.17) is 9.47 Å². The first-order valence-corrected chi connectivity index (χ1v) is 5.34. The van der Waals surface area contributed by atoms with Crippen molar-refractivity contribution in [1.29, 1.82) is 0 Å². The fourth-order valence-corrected chi connectivity index (χ4v) is 1.58. The van der Waals surface area contributed by atoms with Gasteiger partial charge in [0.1, 0.15) is 12.7 Å². The number of rotatable bonds is 3. The number of alkyl carbamates (subject to hydrolysis) is 1. The SMILES string of the molecule is C[C@H]1OC(=O)N[C@@H]1C(=O)OCc1ccccc1. The minimum absolute atomic E-state index is 0.193. The van der Waals surface area contributed by atoms with Crippen LogP contribution in [0.4, 0.5) is 4.79 Å². The molecule has 0 aliphatic carbocycles. The van der Waals surface area contributed by atoms with Crippen molar-refractivity contribution in [2.45, 2.75) is 25.7 Å². The second kappa shape index (κ2) is 4.86. The van der Waals surface area contributed by atoms with E-state index in [1.807, 2.05) is 30.3 Å². The van der Waals surface area contributed by atoms with Crippen LogP contribution in [0.2, 0.25) is 0 Å². The number of cyclic esters (lactones) is 1. The third kappa shape index (κ3) is 2.75. The van der Waals surface area contributed by atoms with Gasteiger partial charge in [0.05, 0.1) is 0 Å². The Morgan fingerprint density at radius 1 is 1.41 bits per heavy atom. The molecule has 0 aromatic heterocycles. The topological polar surface area (TPSA) is 64.6 Å². The Hall–Kier alpha value is -2.04. The Morgan fingerprint density at radius 2 is 2.12 bits per heavy atom. The molecule has 5 nitrogen and oxygen atoms in total. The van der Waals surface area contributed by atoms with E-state index in [0.29, 0.717) is 0 Å². The number of hydrogen-bond donors (Lipinski definition) is 1. The van der Waals surface area contributed by atoms with E-state index >= 15 is 0 Å². The molecule has 1 aromatic rings. The molecule has 90 valence electrons. The van der Waals surface area contributed by atoms with E-state index in [9.17, 15) is 9.59 Å². The van der Waals surface area contributed by atoms with Gasteiger partial charge in [-0.25, -0.2) is 9.59 Å². The van der Waals surface area contributed by atoms with Crippen molar-refractivity contribution in [2.75, 3.05) is 0 Å². The molecule has 0 spiro atoms. The number of esters is 1. The highest BCUT2D eigenvalue weighted by Crippen LogP contribution is 2.10. The maximum absolute atomic E-state index is 11.7. The Kier molecular flexibility index (Phi) is 3.27. The number of ether oxygens (including phenoxy) is 2. The molecule has 0 saturated carbocycles. The molecule has 2 atom stereocenters. The van der Waals surface area contributed by atoms with Crippen molar-refractivity contribution >= 4 is 12.1 Å². The second-order valence-electron chi connectivity index (χ2n) is 3.83. The number of hydrogen-bond acceptors (Lipinski definition) is 4. The fourth-order valence-electron chi connectivity index (χ4n) is 1.58. The number of amides is 1. The maximum Gasteiger partial charge on any atom is 0.408 e. The molecule has 1 aromatic carbocycles. The van der Waals surface area contributed by atoms with Crippen LogP contribution in [0.3, 0.4) is 0 Å². The van der Waals surface area contributed by atoms with Gasteiger partial charge in [0.25, 0.3) is 0 Å². The average Bonchev–Trinajstić information content (AvgIpc) is 2.67. The summed E-state index contributed by atoms with van der Waals surface area (Å²) in [5.74, 6) is -0.479. The molecular formula is C12H13NO4. The van der Waals surface area contributed by atoms with Crippen LogP contribution >= 0.6 is 0 Å². The lowest BCUT2D eigenvalue weighted by Gasteiger charge is -2.11. The van der Waals surface area contributed by atoms with E-state index in [-0.39, 0.29) is 6.61 Å². The Morgan fingerprint density at radius 3 is 2.71 bits per heavy atom. The van der Waals surface area contributed by atoms with Crippen LogP contribution in [0.1, 0.15) is 12.5 Å². The second-order valence-corrected chi connectivity index (χ2v) is 3.83. The first-order chi connectivity index (χ1) is 8.16. The van der Waals surface area contributed by atoms with Gasteiger partial charge in [-0.3, -0.25) is 0 Å². The highest BCUT2D eigenvalue weighted by molar-refractivity contribution is 5.84. The summed E-state index contributed by atoms with van der Waals surface area (Å²) < 4.78 is 9.89. The zero-order valence-electron chi connectivity index (χ0n) is 9.38. The van der Waals surface area contributed by atoms with Gasteiger partial charge >= 0.3 is 12.1 Å².